The number of carbonyl (C=O) groups is 2. The van der Waals surface area contributed by atoms with E-state index in [0.717, 1.165) is 11.1 Å². The zero-order valence-electron chi connectivity index (χ0n) is 15.7. The third-order valence-corrected chi connectivity index (χ3v) is 4.28. The van der Waals surface area contributed by atoms with Crippen molar-refractivity contribution in [2.45, 2.75) is 31.5 Å². The van der Waals surface area contributed by atoms with Gasteiger partial charge in [0, 0.05) is 6.54 Å². The lowest BCUT2D eigenvalue weighted by Crippen LogP contribution is -2.44. The average molecular weight is 385 g/mol. The number of nitrogens with one attached hydrogen (secondary N) is 2. The Morgan fingerprint density at radius 1 is 1.04 bits per heavy atom. The number of aliphatic hydroxyl groups excluding tert-OH is 1. The molecular weight excluding hydrogens is 358 g/mol. The molecule has 0 heterocycles. The van der Waals surface area contributed by atoms with Gasteiger partial charge in [0.2, 0.25) is 5.91 Å². The van der Waals surface area contributed by atoms with Crippen LogP contribution >= 0.6 is 0 Å². The second-order valence-corrected chi connectivity index (χ2v) is 6.40. The fourth-order valence-electron chi connectivity index (χ4n) is 2.76. The molecule has 7 nitrogen and oxygen atoms in total. The standard InChI is InChI=1S/C21H27N3O4/c22-20(26)18(24-19(14-25)17-10-5-2-6-11-17)12-7-13-23-21(27)28-15-16-8-3-1-4-9-16/h1-6,8-11,18-19,24-25H,7,12-15H2,(H2,22,26)(H,23,27)/t18-,19?/m1/s1. The maximum Gasteiger partial charge on any atom is 0.407 e. The fourth-order valence-corrected chi connectivity index (χ4v) is 2.76. The highest BCUT2D eigenvalue weighted by Gasteiger charge is 2.20. The van der Waals surface area contributed by atoms with Crippen LogP contribution in [0.25, 0.3) is 0 Å². The highest BCUT2D eigenvalue weighted by atomic mass is 16.5. The Morgan fingerprint density at radius 2 is 1.68 bits per heavy atom. The van der Waals surface area contributed by atoms with Crippen LogP contribution in [0.5, 0.6) is 0 Å². The predicted octanol–water partition coefficient (Wildman–Crippen LogP) is 1.87. The summed E-state index contributed by atoms with van der Waals surface area (Å²) < 4.78 is 5.13. The van der Waals surface area contributed by atoms with Crippen molar-refractivity contribution in [3.8, 4) is 0 Å². The number of nitrogens with two attached hydrogens (primary N) is 1. The van der Waals surface area contributed by atoms with Gasteiger partial charge in [0.15, 0.2) is 0 Å². The Labute approximate surface area is 164 Å². The number of rotatable bonds is 11. The molecule has 150 valence electrons. The lowest BCUT2D eigenvalue weighted by Gasteiger charge is -2.23. The number of carbonyl (C=O) groups excluding carboxylic acids is 2. The van der Waals surface area contributed by atoms with E-state index in [1.165, 1.54) is 0 Å². The highest BCUT2D eigenvalue weighted by Crippen LogP contribution is 2.13. The summed E-state index contributed by atoms with van der Waals surface area (Å²) in [6, 6.07) is 17.8. The first-order valence-corrected chi connectivity index (χ1v) is 9.26. The van der Waals surface area contributed by atoms with Crippen LogP contribution < -0.4 is 16.4 Å². The van der Waals surface area contributed by atoms with E-state index in [2.05, 4.69) is 10.6 Å². The maximum atomic E-state index is 11.7. The Hall–Kier alpha value is -2.90. The van der Waals surface area contributed by atoms with E-state index in [1.54, 1.807) is 0 Å². The van der Waals surface area contributed by atoms with Crippen LogP contribution in [0, 0.1) is 0 Å². The first-order chi connectivity index (χ1) is 13.6. The highest BCUT2D eigenvalue weighted by molar-refractivity contribution is 5.79. The molecule has 7 heteroatoms. The predicted molar refractivity (Wildman–Crippen MR) is 106 cm³/mol. The molecule has 2 amide bonds. The van der Waals surface area contributed by atoms with E-state index in [0.29, 0.717) is 19.4 Å². The largest absolute Gasteiger partial charge is 0.445 e. The molecule has 0 fully saturated rings. The number of benzene rings is 2. The summed E-state index contributed by atoms with van der Waals surface area (Å²) in [6.07, 6.45) is 0.455. The third kappa shape index (κ3) is 7.38. The van der Waals surface area contributed by atoms with E-state index >= 15 is 0 Å². The van der Waals surface area contributed by atoms with Crippen molar-refractivity contribution in [2.75, 3.05) is 13.2 Å². The fraction of sp³-hybridized carbons (Fsp3) is 0.333. The van der Waals surface area contributed by atoms with Crippen molar-refractivity contribution in [1.29, 1.82) is 0 Å². The van der Waals surface area contributed by atoms with Crippen molar-refractivity contribution in [1.82, 2.24) is 10.6 Å². The Balaban J connectivity index is 1.72. The number of primary amides is 1. The Bertz CT molecular complexity index is 725. The zero-order valence-corrected chi connectivity index (χ0v) is 15.7. The first-order valence-electron chi connectivity index (χ1n) is 9.26. The van der Waals surface area contributed by atoms with Gasteiger partial charge >= 0.3 is 6.09 Å². The number of hydrogen-bond acceptors (Lipinski definition) is 5. The summed E-state index contributed by atoms with van der Waals surface area (Å²) in [6.45, 7) is 0.402. The lowest BCUT2D eigenvalue weighted by molar-refractivity contribution is -0.120. The number of hydrogen-bond donors (Lipinski definition) is 4. The molecule has 2 rings (SSSR count). The second-order valence-electron chi connectivity index (χ2n) is 6.40. The quantitative estimate of drug-likeness (QED) is 0.441. The number of alkyl carbamates (subject to hydrolysis) is 1. The van der Waals surface area contributed by atoms with Gasteiger partial charge in [-0.05, 0) is 24.0 Å². The van der Waals surface area contributed by atoms with Crippen molar-refractivity contribution >= 4 is 12.0 Å². The molecule has 0 aliphatic heterocycles. The molecule has 0 radical (unpaired) electrons. The van der Waals surface area contributed by atoms with Gasteiger partial charge < -0.3 is 20.9 Å². The minimum atomic E-state index is -0.612. The van der Waals surface area contributed by atoms with Crippen molar-refractivity contribution in [2.24, 2.45) is 5.73 Å². The molecule has 5 N–H and O–H groups in total. The van der Waals surface area contributed by atoms with Crippen molar-refractivity contribution < 1.29 is 19.4 Å². The molecular formula is C21H27N3O4. The van der Waals surface area contributed by atoms with Gasteiger partial charge in [-0.25, -0.2) is 4.79 Å². The zero-order chi connectivity index (χ0) is 20.2. The van der Waals surface area contributed by atoms with Crippen LogP contribution in [0.1, 0.15) is 30.0 Å². The molecule has 1 unspecified atom stereocenters. The van der Waals surface area contributed by atoms with Gasteiger partial charge in [-0.2, -0.15) is 0 Å². The summed E-state index contributed by atoms with van der Waals surface area (Å²) in [5.74, 6) is -0.499. The first kappa shape index (κ1) is 21.4. The molecule has 0 aliphatic carbocycles. The molecule has 0 bridgehead atoms. The van der Waals surface area contributed by atoms with Gasteiger partial charge in [-0.15, -0.1) is 0 Å². The normalized spacial score (nSPS) is 12.8. The summed E-state index contributed by atoms with van der Waals surface area (Å²) in [4.78, 5) is 23.5. The van der Waals surface area contributed by atoms with Gasteiger partial charge in [0.05, 0.1) is 18.7 Å². The molecule has 0 aliphatic rings. The van der Waals surface area contributed by atoms with Crippen LogP contribution in [0.3, 0.4) is 0 Å². The van der Waals surface area contributed by atoms with Gasteiger partial charge in [-0.1, -0.05) is 60.7 Å². The van der Waals surface area contributed by atoms with E-state index in [4.69, 9.17) is 10.5 Å². The van der Waals surface area contributed by atoms with Crippen LogP contribution in [0.4, 0.5) is 4.79 Å². The van der Waals surface area contributed by atoms with Crippen LogP contribution in [-0.2, 0) is 16.1 Å². The molecule has 0 saturated carbocycles. The molecule has 28 heavy (non-hydrogen) atoms. The molecule has 0 spiro atoms. The third-order valence-electron chi connectivity index (χ3n) is 4.28. The maximum absolute atomic E-state index is 11.7. The number of amides is 2. The van der Waals surface area contributed by atoms with Crippen LogP contribution in [0.15, 0.2) is 60.7 Å². The van der Waals surface area contributed by atoms with Gasteiger partial charge in [-0.3, -0.25) is 10.1 Å². The molecule has 0 aromatic heterocycles. The smallest absolute Gasteiger partial charge is 0.407 e. The SMILES string of the molecule is NC(=O)[C@@H](CCCNC(=O)OCc1ccccc1)NC(CO)c1ccccc1. The van der Waals surface area contributed by atoms with Crippen LogP contribution in [0.2, 0.25) is 0 Å². The monoisotopic (exact) mass is 385 g/mol. The molecule has 2 atom stereocenters. The van der Waals surface area contributed by atoms with E-state index in [-0.39, 0.29) is 19.3 Å². The minimum Gasteiger partial charge on any atom is -0.445 e. The Morgan fingerprint density at radius 3 is 2.29 bits per heavy atom. The van der Waals surface area contributed by atoms with Gasteiger partial charge in [0.1, 0.15) is 6.61 Å². The summed E-state index contributed by atoms with van der Waals surface area (Å²) in [5.41, 5.74) is 7.26. The summed E-state index contributed by atoms with van der Waals surface area (Å²) in [7, 11) is 0. The lowest BCUT2D eigenvalue weighted by atomic mass is 10.0. The summed E-state index contributed by atoms with van der Waals surface area (Å²) in [5, 5.41) is 15.4. The molecule has 2 aromatic rings. The number of aliphatic hydroxyl groups is 1. The van der Waals surface area contributed by atoms with Crippen LogP contribution in [-0.4, -0.2) is 36.3 Å². The molecule has 0 saturated heterocycles. The topological polar surface area (TPSA) is 114 Å². The summed E-state index contributed by atoms with van der Waals surface area (Å²) >= 11 is 0. The van der Waals surface area contributed by atoms with Crippen molar-refractivity contribution in [3.63, 3.8) is 0 Å². The van der Waals surface area contributed by atoms with Gasteiger partial charge in [0.25, 0.3) is 0 Å². The number of ether oxygens (including phenoxy) is 1. The molecule has 2 aromatic carbocycles. The van der Waals surface area contributed by atoms with Crippen molar-refractivity contribution in [3.05, 3.63) is 71.8 Å². The average Bonchev–Trinajstić information content (AvgIpc) is 2.73. The second kappa shape index (κ2) is 11.7. The Kier molecular flexibility index (Phi) is 8.97. The minimum absolute atomic E-state index is 0.155. The van der Waals surface area contributed by atoms with E-state index in [1.807, 2.05) is 60.7 Å². The van der Waals surface area contributed by atoms with E-state index < -0.39 is 18.0 Å². The van der Waals surface area contributed by atoms with E-state index in [9.17, 15) is 14.7 Å².